The molecule has 0 fully saturated rings. The van der Waals surface area contributed by atoms with Crippen LogP contribution in [0, 0.1) is 0 Å². The van der Waals surface area contributed by atoms with Gasteiger partial charge in [-0.05, 0) is 0 Å². The summed E-state index contributed by atoms with van der Waals surface area (Å²) in [6, 6.07) is 0. The van der Waals surface area contributed by atoms with Crippen molar-refractivity contribution >= 4 is 11.3 Å². The zero-order valence-electron chi connectivity index (χ0n) is 7.66. The van der Waals surface area contributed by atoms with Crippen LogP contribution in [-0.2, 0) is 13.5 Å². The van der Waals surface area contributed by atoms with Gasteiger partial charge in [-0.1, -0.05) is 0 Å². The molecule has 74 valence electrons. The number of hydrogen-bond acceptors (Lipinski definition) is 5. The lowest BCUT2D eigenvalue weighted by Crippen LogP contribution is -2.07. The summed E-state index contributed by atoms with van der Waals surface area (Å²) in [7, 11) is 1.80. The Morgan fingerprint density at radius 2 is 2.43 bits per heavy atom. The molecular formula is C8H10N4OS. The molecule has 6 heteroatoms. The monoisotopic (exact) mass is 210 g/mol. The maximum absolute atomic E-state index is 9.77. The van der Waals surface area contributed by atoms with Crippen molar-refractivity contribution in [1.29, 1.82) is 0 Å². The van der Waals surface area contributed by atoms with Gasteiger partial charge in [0.1, 0.15) is 23.3 Å². The minimum absolute atomic E-state index is 0.448. The van der Waals surface area contributed by atoms with Crippen LogP contribution in [0.1, 0.15) is 16.9 Å². The van der Waals surface area contributed by atoms with Crippen LogP contribution in [-0.4, -0.2) is 24.9 Å². The highest BCUT2D eigenvalue weighted by molar-refractivity contribution is 7.09. The average Bonchev–Trinajstić information content (AvgIpc) is 2.77. The lowest BCUT2D eigenvalue weighted by Gasteiger charge is -2.05. The fraction of sp³-hybridized carbons (Fsp3) is 0.375. The number of aromatic nitrogens is 4. The van der Waals surface area contributed by atoms with E-state index in [1.165, 1.54) is 17.7 Å². The van der Waals surface area contributed by atoms with E-state index in [9.17, 15) is 5.11 Å². The number of aliphatic hydroxyl groups is 1. The van der Waals surface area contributed by atoms with Crippen molar-refractivity contribution in [3.63, 3.8) is 0 Å². The second-order valence-corrected chi connectivity index (χ2v) is 3.82. The highest BCUT2D eigenvalue weighted by atomic mass is 32.1. The first-order valence-corrected chi connectivity index (χ1v) is 5.05. The molecule has 0 bridgehead atoms. The fourth-order valence-electron chi connectivity index (χ4n) is 1.16. The molecule has 1 N–H and O–H groups in total. The molecule has 0 amide bonds. The van der Waals surface area contributed by atoms with Crippen molar-refractivity contribution in [2.45, 2.75) is 12.5 Å². The average molecular weight is 210 g/mol. The molecule has 0 aliphatic carbocycles. The molecule has 0 aliphatic heterocycles. The third kappa shape index (κ3) is 1.80. The molecule has 0 spiro atoms. The quantitative estimate of drug-likeness (QED) is 0.803. The molecule has 0 aliphatic rings. The molecule has 2 aromatic rings. The topological polar surface area (TPSA) is 63.8 Å². The van der Waals surface area contributed by atoms with E-state index in [0.29, 0.717) is 11.4 Å². The van der Waals surface area contributed by atoms with Crippen molar-refractivity contribution in [3.05, 3.63) is 28.7 Å². The number of aliphatic hydroxyl groups excluding tert-OH is 1. The Morgan fingerprint density at radius 3 is 3.00 bits per heavy atom. The van der Waals surface area contributed by atoms with Crippen LogP contribution in [0.2, 0.25) is 0 Å². The summed E-state index contributed by atoms with van der Waals surface area (Å²) in [6.45, 7) is 0. The van der Waals surface area contributed by atoms with Crippen LogP contribution in [0.15, 0.2) is 17.9 Å². The number of nitrogens with zero attached hydrogens (tertiary/aromatic N) is 4. The SMILES string of the molecule is Cn1ncnc1CC(O)c1nccs1. The summed E-state index contributed by atoms with van der Waals surface area (Å²) in [5.41, 5.74) is 0. The molecule has 14 heavy (non-hydrogen) atoms. The van der Waals surface area contributed by atoms with Crippen molar-refractivity contribution < 1.29 is 5.11 Å². The minimum Gasteiger partial charge on any atom is -0.385 e. The van der Waals surface area contributed by atoms with E-state index in [0.717, 1.165) is 5.82 Å². The van der Waals surface area contributed by atoms with Crippen molar-refractivity contribution in [1.82, 2.24) is 19.7 Å². The first kappa shape index (κ1) is 9.29. The predicted molar refractivity (Wildman–Crippen MR) is 51.8 cm³/mol. The Balaban J connectivity index is 2.09. The third-order valence-corrected chi connectivity index (χ3v) is 2.79. The number of rotatable bonds is 3. The minimum atomic E-state index is -0.585. The van der Waals surface area contributed by atoms with Gasteiger partial charge in [0.2, 0.25) is 0 Å². The summed E-state index contributed by atoms with van der Waals surface area (Å²) < 4.78 is 1.65. The predicted octanol–water partition coefficient (Wildman–Crippen LogP) is 0.548. The Bertz CT molecular complexity index is 397. The van der Waals surface area contributed by atoms with E-state index in [1.54, 1.807) is 17.9 Å². The fourth-order valence-corrected chi connectivity index (χ4v) is 1.79. The molecule has 0 radical (unpaired) electrons. The van der Waals surface area contributed by atoms with Gasteiger partial charge in [0.05, 0.1) is 0 Å². The Morgan fingerprint density at radius 1 is 1.57 bits per heavy atom. The van der Waals surface area contributed by atoms with Gasteiger partial charge >= 0.3 is 0 Å². The Labute approximate surface area is 85.1 Å². The van der Waals surface area contributed by atoms with Crippen LogP contribution in [0.5, 0.6) is 0 Å². The van der Waals surface area contributed by atoms with Gasteiger partial charge in [-0.15, -0.1) is 11.3 Å². The van der Waals surface area contributed by atoms with Crippen molar-refractivity contribution in [2.24, 2.45) is 7.05 Å². The summed E-state index contributed by atoms with van der Waals surface area (Å²) >= 11 is 1.44. The molecular weight excluding hydrogens is 200 g/mol. The van der Waals surface area contributed by atoms with Gasteiger partial charge in [0, 0.05) is 25.0 Å². The van der Waals surface area contributed by atoms with Gasteiger partial charge in [-0.2, -0.15) is 5.10 Å². The lowest BCUT2D eigenvalue weighted by molar-refractivity contribution is 0.174. The second-order valence-electron chi connectivity index (χ2n) is 2.89. The summed E-state index contributed by atoms with van der Waals surface area (Å²) in [5, 5.41) is 16.3. The maximum atomic E-state index is 9.77. The Hall–Kier alpha value is -1.27. The molecule has 1 atom stereocenters. The van der Waals surface area contributed by atoms with Crippen molar-refractivity contribution in [3.8, 4) is 0 Å². The van der Waals surface area contributed by atoms with Crippen LogP contribution in [0.3, 0.4) is 0 Å². The standard InChI is InChI=1S/C8H10N4OS/c1-12-7(10-5-11-12)4-6(13)8-9-2-3-14-8/h2-3,5-6,13H,4H2,1H3. The Kier molecular flexibility index (Phi) is 2.55. The number of thiazole rings is 1. The summed E-state index contributed by atoms with van der Waals surface area (Å²) in [6.07, 6.45) is 3.02. The van der Waals surface area contributed by atoms with E-state index >= 15 is 0 Å². The molecule has 0 saturated heterocycles. The third-order valence-electron chi connectivity index (χ3n) is 1.92. The van der Waals surface area contributed by atoms with E-state index in [-0.39, 0.29) is 0 Å². The zero-order valence-corrected chi connectivity index (χ0v) is 8.48. The van der Waals surface area contributed by atoms with Crippen LogP contribution in [0.4, 0.5) is 0 Å². The van der Waals surface area contributed by atoms with Gasteiger partial charge in [-0.25, -0.2) is 9.97 Å². The van der Waals surface area contributed by atoms with Crippen LogP contribution >= 0.6 is 11.3 Å². The van der Waals surface area contributed by atoms with Crippen LogP contribution in [0.25, 0.3) is 0 Å². The molecule has 0 aromatic carbocycles. The normalized spacial score (nSPS) is 13.0. The number of aryl methyl sites for hydroxylation is 1. The second kappa shape index (κ2) is 3.85. The molecule has 5 nitrogen and oxygen atoms in total. The molecule has 2 aromatic heterocycles. The highest BCUT2D eigenvalue weighted by Gasteiger charge is 2.13. The van der Waals surface area contributed by atoms with Gasteiger partial charge in [0.25, 0.3) is 0 Å². The zero-order chi connectivity index (χ0) is 9.97. The van der Waals surface area contributed by atoms with E-state index in [1.807, 2.05) is 5.38 Å². The van der Waals surface area contributed by atoms with Crippen molar-refractivity contribution in [2.75, 3.05) is 0 Å². The molecule has 1 unspecified atom stereocenters. The van der Waals surface area contributed by atoms with E-state index in [4.69, 9.17) is 0 Å². The van der Waals surface area contributed by atoms with Gasteiger partial charge < -0.3 is 5.11 Å². The first-order chi connectivity index (χ1) is 6.77. The number of hydrogen-bond donors (Lipinski definition) is 1. The summed E-state index contributed by atoms with van der Waals surface area (Å²) in [5.74, 6) is 0.757. The highest BCUT2D eigenvalue weighted by Crippen LogP contribution is 2.18. The summed E-state index contributed by atoms with van der Waals surface area (Å²) in [4.78, 5) is 8.07. The molecule has 2 heterocycles. The van der Waals surface area contributed by atoms with E-state index < -0.39 is 6.10 Å². The van der Waals surface area contributed by atoms with Gasteiger partial charge in [-0.3, -0.25) is 4.68 Å². The van der Waals surface area contributed by atoms with E-state index in [2.05, 4.69) is 15.1 Å². The van der Waals surface area contributed by atoms with Gasteiger partial charge in [0.15, 0.2) is 0 Å². The largest absolute Gasteiger partial charge is 0.385 e. The maximum Gasteiger partial charge on any atom is 0.138 e. The lowest BCUT2D eigenvalue weighted by atomic mass is 10.2. The smallest absolute Gasteiger partial charge is 0.138 e. The molecule has 2 rings (SSSR count). The first-order valence-electron chi connectivity index (χ1n) is 4.17. The van der Waals surface area contributed by atoms with Crippen LogP contribution < -0.4 is 0 Å². The molecule has 0 saturated carbocycles.